The fourth-order valence-electron chi connectivity index (χ4n) is 1.86. The lowest BCUT2D eigenvalue weighted by atomic mass is 10.2. The molecule has 2 aromatic heterocycles. The number of hydrogen-bond acceptors (Lipinski definition) is 3. The van der Waals surface area contributed by atoms with Crippen molar-refractivity contribution in [2.24, 2.45) is 0 Å². The number of hydrogen-bond donors (Lipinski definition) is 1. The molecule has 0 spiro atoms. The molecule has 3 nitrogen and oxygen atoms in total. The first kappa shape index (κ1) is 10.6. The van der Waals surface area contributed by atoms with Crippen LogP contribution in [0.15, 0.2) is 24.3 Å². The molecule has 2 heterocycles. The summed E-state index contributed by atoms with van der Waals surface area (Å²) in [6.07, 6.45) is 0. The summed E-state index contributed by atoms with van der Waals surface area (Å²) in [4.78, 5) is 16.2. The Hall–Kier alpha value is -1.52. The van der Waals surface area contributed by atoms with Gasteiger partial charge in [0.2, 0.25) is 0 Å². The number of carbonyl (C=O) groups excluding carboxylic acids is 1. The summed E-state index contributed by atoms with van der Waals surface area (Å²) in [6.45, 7) is 0. The summed E-state index contributed by atoms with van der Waals surface area (Å²) in [7, 11) is 1.38. The maximum atomic E-state index is 11.4. The van der Waals surface area contributed by atoms with Crippen LogP contribution in [0, 0.1) is 0 Å². The van der Waals surface area contributed by atoms with Crippen molar-refractivity contribution in [1.82, 2.24) is 4.98 Å². The maximum absolute atomic E-state index is 11.4. The van der Waals surface area contributed by atoms with E-state index in [1.165, 1.54) is 18.4 Å². The number of carbonyl (C=O) groups is 1. The molecule has 0 radical (unpaired) electrons. The van der Waals surface area contributed by atoms with Crippen molar-refractivity contribution in [3.63, 3.8) is 0 Å². The molecule has 3 rings (SSSR count). The van der Waals surface area contributed by atoms with Crippen LogP contribution in [-0.2, 0) is 4.74 Å². The van der Waals surface area contributed by atoms with Crippen LogP contribution in [0.1, 0.15) is 9.67 Å². The zero-order chi connectivity index (χ0) is 12.0. The maximum Gasteiger partial charge on any atom is 0.348 e. The first-order valence-corrected chi connectivity index (χ1v) is 6.17. The fourth-order valence-corrected chi connectivity index (χ4v) is 3.03. The lowest BCUT2D eigenvalue weighted by Gasteiger charge is -1.93. The lowest BCUT2D eigenvalue weighted by Crippen LogP contribution is -1.96. The predicted octanol–water partition coefficient (Wildman–Crippen LogP) is 3.82. The van der Waals surface area contributed by atoms with Crippen molar-refractivity contribution in [3.8, 4) is 0 Å². The van der Waals surface area contributed by atoms with E-state index in [1.807, 2.05) is 24.3 Å². The molecule has 0 aliphatic heterocycles. The van der Waals surface area contributed by atoms with Crippen molar-refractivity contribution in [2.45, 2.75) is 0 Å². The van der Waals surface area contributed by atoms with Crippen LogP contribution in [0.2, 0.25) is 5.02 Å². The summed E-state index contributed by atoms with van der Waals surface area (Å²) < 4.78 is 4.70. The molecular formula is C12H8ClNO2S. The van der Waals surface area contributed by atoms with E-state index in [9.17, 15) is 4.79 Å². The minimum atomic E-state index is -0.310. The lowest BCUT2D eigenvalue weighted by molar-refractivity contribution is 0.0606. The standard InChI is InChI=1S/C12H8ClNO2S/c1-16-12(15)10-5-8-7-4-6(13)2-3-9(7)14-11(8)17-10/h2-5,14H,1H3. The Morgan fingerprint density at radius 3 is 2.94 bits per heavy atom. The summed E-state index contributed by atoms with van der Waals surface area (Å²) in [5, 5.41) is 2.72. The van der Waals surface area contributed by atoms with Crippen molar-refractivity contribution in [1.29, 1.82) is 0 Å². The molecule has 1 N–H and O–H groups in total. The summed E-state index contributed by atoms with van der Waals surface area (Å²) in [5.41, 5.74) is 1.02. The van der Waals surface area contributed by atoms with Gasteiger partial charge in [0, 0.05) is 21.3 Å². The Morgan fingerprint density at radius 2 is 2.18 bits per heavy atom. The molecule has 5 heteroatoms. The number of esters is 1. The van der Waals surface area contributed by atoms with Gasteiger partial charge in [-0.1, -0.05) is 11.6 Å². The van der Waals surface area contributed by atoms with Crippen molar-refractivity contribution in [3.05, 3.63) is 34.2 Å². The van der Waals surface area contributed by atoms with Gasteiger partial charge in [-0.3, -0.25) is 0 Å². The van der Waals surface area contributed by atoms with Gasteiger partial charge < -0.3 is 9.72 Å². The van der Waals surface area contributed by atoms with E-state index >= 15 is 0 Å². The Labute approximate surface area is 106 Å². The average Bonchev–Trinajstić information content (AvgIpc) is 2.86. The first-order valence-electron chi connectivity index (χ1n) is 4.98. The number of benzene rings is 1. The van der Waals surface area contributed by atoms with E-state index in [4.69, 9.17) is 16.3 Å². The third kappa shape index (κ3) is 1.61. The molecular weight excluding hydrogens is 258 g/mol. The van der Waals surface area contributed by atoms with Crippen LogP contribution in [0.25, 0.3) is 21.1 Å². The normalized spacial score (nSPS) is 11.2. The number of ether oxygens (including phenoxy) is 1. The Balaban J connectivity index is 2.30. The van der Waals surface area contributed by atoms with E-state index in [0.717, 1.165) is 21.1 Å². The zero-order valence-electron chi connectivity index (χ0n) is 8.91. The molecule has 0 bridgehead atoms. The monoisotopic (exact) mass is 265 g/mol. The molecule has 0 aliphatic rings. The van der Waals surface area contributed by atoms with E-state index in [1.54, 1.807) is 0 Å². The summed E-state index contributed by atoms with van der Waals surface area (Å²) >= 11 is 7.36. The first-order chi connectivity index (χ1) is 8.19. The van der Waals surface area contributed by atoms with Crippen LogP contribution in [0.3, 0.4) is 0 Å². The van der Waals surface area contributed by atoms with Crippen LogP contribution in [0.5, 0.6) is 0 Å². The van der Waals surface area contributed by atoms with E-state index in [0.29, 0.717) is 9.90 Å². The third-order valence-electron chi connectivity index (χ3n) is 2.64. The van der Waals surface area contributed by atoms with Gasteiger partial charge in [0.1, 0.15) is 9.71 Å². The van der Waals surface area contributed by atoms with Gasteiger partial charge in [0.05, 0.1) is 7.11 Å². The number of rotatable bonds is 1. The van der Waals surface area contributed by atoms with Crippen LogP contribution < -0.4 is 0 Å². The number of nitrogens with one attached hydrogen (secondary N) is 1. The molecule has 0 fully saturated rings. The highest BCUT2D eigenvalue weighted by atomic mass is 35.5. The molecule has 3 aromatic rings. The Morgan fingerprint density at radius 1 is 1.35 bits per heavy atom. The zero-order valence-corrected chi connectivity index (χ0v) is 10.5. The topological polar surface area (TPSA) is 42.1 Å². The fraction of sp³-hybridized carbons (Fsp3) is 0.0833. The van der Waals surface area contributed by atoms with Crippen molar-refractivity contribution < 1.29 is 9.53 Å². The van der Waals surface area contributed by atoms with Gasteiger partial charge in [-0.2, -0.15) is 0 Å². The van der Waals surface area contributed by atoms with Crippen LogP contribution in [0.4, 0.5) is 0 Å². The highest BCUT2D eigenvalue weighted by Gasteiger charge is 2.14. The van der Waals surface area contributed by atoms with Crippen molar-refractivity contribution >= 4 is 50.0 Å². The Bertz CT molecular complexity index is 729. The summed E-state index contributed by atoms with van der Waals surface area (Å²) in [6, 6.07) is 7.50. The minimum Gasteiger partial charge on any atom is -0.465 e. The van der Waals surface area contributed by atoms with E-state index in [2.05, 4.69) is 4.98 Å². The molecule has 0 saturated carbocycles. The van der Waals surface area contributed by atoms with Gasteiger partial charge >= 0.3 is 5.97 Å². The van der Waals surface area contributed by atoms with E-state index < -0.39 is 0 Å². The number of H-pyrrole nitrogens is 1. The molecule has 0 saturated heterocycles. The molecule has 0 atom stereocenters. The number of aromatic nitrogens is 1. The van der Waals surface area contributed by atoms with Gasteiger partial charge in [-0.25, -0.2) is 4.79 Å². The molecule has 86 valence electrons. The molecule has 0 unspecified atom stereocenters. The SMILES string of the molecule is COC(=O)c1cc2c([nH]c3ccc(Cl)cc32)s1. The highest BCUT2D eigenvalue weighted by Crippen LogP contribution is 2.33. The van der Waals surface area contributed by atoms with E-state index in [-0.39, 0.29) is 5.97 Å². The summed E-state index contributed by atoms with van der Waals surface area (Å²) in [5.74, 6) is -0.310. The van der Waals surface area contributed by atoms with Gasteiger partial charge in [-0.05, 0) is 24.3 Å². The second kappa shape index (κ2) is 3.75. The average molecular weight is 266 g/mol. The quantitative estimate of drug-likeness (QED) is 0.680. The minimum absolute atomic E-state index is 0.310. The number of aromatic amines is 1. The highest BCUT2D eigenvalue weighted by molar-refractivity contribution is 7.20. The Kier molecular flexibility index (Phi) is 2.34. The number of thiophene rings is 1. The predicted molar refractivity (Wildman–Crippen MR) is 70.0 cm³/mol. The number of methoxy groups -OCH3 is 1. The third-order valence-corrected chi connectivity index (χ3v) is 3.90. The number of halogens is 1. The van der Waals surface area contributed by atoms with Crippen LogP contribution in [-0.4, -0.2) is 18.1 Å². The van der Waals surface area contributed by atoms with Gasteiger partial charge in [0.25, 0.3) is 0 Å². The second-order valence-corrected chi connectivity index (χ2v) is 5.15. The van der Waals surface area contributed by atoms with Gasteiger partial charge in [0.15, 0.2) is 0 Å². The molecule has 0 amide bonds. The molecule has 1 aromatic carbocycles. The second-order valence-electron chi connectivity index (χ2n) is 3.66. The molecule has 17 heavy (non-hydrogen) atoms. The largest absolute Gasteiger partial charge is 0.465 e. The number of fused-ring (bicyclic) bond motifs is 3. The smallest absolute Gasteiger partial charge is 0.348 e. The molecule has 0 aliphatic carbocycles. The van der Waals surface area contributed by atoms with Crippen LogP contribution >= 0.6 is 22.9 Å². The van der Waals surface area contributed by atoms with Gasteiger partial charge in [-0.15, -0.1) is 11.3 Å². The van der Waals surface area contributed by atoms with Crippen molar-refractivity contribution in [2.75, 3.05) is 7.11 Å².